The van der Waals surface area contributed by atoms with Crippen molar-refractivity contribution in [1.82, 2.24) is 5.32 Å². The van der Waals surface area contributed by atoms with Crippen LogP contribution in [0.25, 0.3) is 0 Å². The van der Waals surface area contributed by atoms with Gasteiger partial charge in [-0.1, -0.05) is 13.8 Å². The lowest BCUT2D eigenvalue weighted by atomic mass is 9.75. The molecule has 3 unspecified atom stereocenters. The molecule has 88 valence electrons. The standard InChI is InChI=1S/C13H25NO/c1-3-7-14-12-4-6-13(2,9-12)11-5-8-15-10-11/h11-12,14H,3-10H2,1-2H3. The van der Waals surface area contributed by atoms with E-state index >= 15 is 0 Å². The van der Waals surface area contributed by atoms with E-state index < -0.39 is 0 Å². The maximum absolute atomic E-state index is 5.53. The van der Waals surface area contributed by atoms with Gasteiger partial charge in [0.1, 0.15) is 0 Å². The van der Waals surface area contributed by atoms with Gasteiger partial charge in [0.25, 0.3) is 0 Å². The highest BCUT2D eigenvalue weighted by molar-refractivity contribution is 4.94. The smallest absolute Gasteiger partial charge is 0.0500 e. The highest BCUT2D eigenvalue weighted by atomic mass is 16.5. The highest BCUT2D eigenvalue weighted by Gasteiger charge is 2.42. The molecule has 1 saturated carbocycles. The van der Waals surface area contributed by atoms with Gasteiger partial charge in [0.05, 0.1) is 0 Å². The van der Waals surface area contributed by atoms with Gasteiger partial charge in [-0.05, 0) is 50.0 Å². The molecule has 1 N–H and O–H groups in total. The zero-order chi connectivity index (χ0) is 10.7. The molecule has 2 heteroatoms. The third kappa shape index (κ3) is 2.54. The van der Waals surface area contributed by atoms with Gasteiger partial charge in [-0.15, -0.1) is 0 Å². The second kappa shape index (κ2) is 4.84. The monoisotopic (exact) mass is 211 g/mol. The molecule has 1 saturated heterocycles. The molecule has 0 spiro atoms. The molecule has 1 aliphatic heterocycles. The minimum atomic E-state index is 0.557. The molecular weight excluding hydrogens is 186 g/mol. The topological polar surface area (TPSA) is 21.3 Å². The van der Waals surface area contributed by atoms with E-state index in [9.17, 15) is 0 Å². The molecule has 3 atom stereocenters. The number of ether oxygens (including phenoxy) is 1. The summed E-state index contributed by atoms with van der Waals surface area (Å²) < 4.78 is 5.53. The Kier molecular flexibility index (Phi) is 3.68. The van der Waals surface area contributed by atoms with Crippen molar-refractivity contribution in [3.8, 4) is 0 Å². The van der Waals surface area contributed by atoms with E-state index in [1.54, 1.807) is 0 Å². The van der Waals surface area contributed by atoms with E-state index in [0.29, 0.717) is 5.41 Å². The van der Waals surface area contributed by atoms with Gasteiger partial charge in [-0.3, -0.25) is 0 Å². The van der Waals surface area contributed by atoms with Crippen molar-refractivity contribution in [1.29, 1.82) is 0 Å². The average molecular weight is 211 g/mol. The van der Waals surface area contributed by atoms with Crippen LogP contribution in [-0.2, 0) is 4.74 Å². The molecule has 0 aromatic heterocycles. The molecule has 0 aromatic rings. The van der Waals surface area contributed by atoms with E-state index in [1.807, 2.05) is 0 Å². The Morgan fingerprint density at radius 3 is 2.93 bits per heavy atom. The fraction of sp³-hybridized carbons (Fsp3) is 1.00. The molecule has 15 heavy (non-hydrogen) atoms. The SMILES string of the molecule is CCCNC1CCC(C)(C2CCOC2)C1. The summed E-state index contributed by atoms with van der Waals surface area (Å²) in [5, 5.41) is 3.67. The highest BCUT2D eigenvalue weighted by Crippen LogP contribution is 2.46. The molecule has 0 aromatic carbocycles. The van der Waals surface area contributed by atoms with E-state index in [-0.39, 0.29) is 0 Å². The first-order valence-corrected chi connectivity index (χ1v) is 6.56. The molecule has 2 fully saturated rings. The number of nitrogens with one attached hydrogen (secondary N) is 1. The van der Waals surface area contributed by atoms with Crippen LogP contribution in [0.1, 0.15) is 46.0 Å². The summed E-state index contributed by atoms with van der Waals surface area (Å²) >= 11 is 0. The number of hydrogen-bond acceptors (Lipinski definition) is 2. The summed E-state index contributed by atoms with van der Waals surface area (Å²) in [5.41, 5.74) is 0.557. The fourth-order valence-electron chi connectivity index (χ4n) is 3.25. The van der Waals surface area contributed by atoms with E-state index in [0.717, 1.165) is 25.2 Å². The van der Waals surface area contributed by atoms with Crippen molar-refractivity contribution < 1.29 is 4.74 Å². The van der Waals surface area contributed by atoms with Gasteiger partial charge in [0.2, 0.25) is 0 Å². The first kappa shape index (κ1) is 11.4. The maximum Gasteiger partial charge on any atom is 0.0500 e. The summed E-state index contributed by atoms with van der Waals surface area (Å²) in [4.78, 5) is 0. The lowest BCUT2D eigenvalue weighted by Crippen LogP contribution is -2.31. The van der Waals surface area contributed by atoms with Crippen molar-refractivity contribution >= 4 is 0 Å². The van der Waals surface area contributed by atoms with Crippen molar-refractivity contribution in [3.63, 3.8) is 0 Å². The quantitative estimate of drug-likeness (QED) is 0.771. The predicted molar refractivity (Wildman–Crippen MR) is 63.0 cm³/mol. The molecule has 1 heterocycles. The van der Waals surface area contributed by atoms with Crippen LogP contribution < -0.4 is 5.32 Å². The van der Waals surface area contributed by atoms with Crippen LogP contribution in [0.3, 0.4) is 0 Å². The second-order valence-corrected chi connectivity index (χ2v) is 5.61. The van der Waals surface area contributed by atoms with Crippen LogP contribution in [0.2, 0.25) is 0 Å². The Hall–Kier alpha value is -0.0800. The molecule has 2 nitrogen and oxygen atoms in total. The Morgan fingerprint density at radius 2 is 2.27 bits per heavy atom. The maximum atomic E-state index is 5.53. The van der Waals surface area contributed by atoms with Gasteiger partial charge < -0.3 is 10.1 Å². The average Bonchev–Trinajstić information content (AvgIpc) is 2.84. The van der Waals surface area contributed by atoms with Gasteiger partial charge in [-0.2, -0.15) is 0 Å². The minimum Gasteiger partial charge on any atom is -0.381 e. The molecule has 0 bridgehead atoms. The van der Waals surface area contributed by atoms with Crippen molar-refractivity contribution in [2.24, 2.45) is 11.3 Å². The van der Waals surface area contributed by atoms with Gasteiger partial charge in [0, 0.05) is 19.3 Å². The normalized spacial score (nSPS) is 41.2. The van der Waals surface area contributed by atoms with Crippen molar-refractivity contribution in [2.45, 2.75) is 52.0 Å². The largest absolute Gasteiger partial charge is 0.381 e. The molecular formula is C13H25NO. The third-order valence-corrected chi connectivity index (χ3v) is 4.37. The van der Waals surface area contributed by atoms with E-state index in [2.05, 4.69) is 19.2 Å². The molecule has 1 aliphatic carbocycles. The lowest BCUT2D eigenvalue weighted by Gasteiger charge is -2.30. The first-order valence-electron chi connectivity index (χ1n) is 6.56. The van der Waals surface area contributed by atoms with Gasteiger partial charge >= 0.3 is 0 Å². The summed E-state index contributed by atoms with van der Waals surface area (Å²) in [7, 11) is 0. The summed E-state index contributed by atoms with van der Waals surface area (Å²) in [6, 6.07) is 0.774. The number of hydrogen-bond donors (Lipinski definition) is 1. The van der Waals surface area contributed by atoms with Crippen LogP contribution in [0.15, 0.2) is 0 Å². The minimum absolute atomic E-state index is 0.557. The van der Waals surface area contributed by atoms with Crippen LogP contribution in [0, 0.1) is 11.3 Å². The van der Waals surface area contributed by atoms with E-state index in [1.165, 1.54) is 38.6 Å². The van der Waals surface area contributed by atoms with Crippen LogP contribution >= 0.6 is 0 Å². The summed E-state index contributed by atoms with van der Waals surface area (Å²) in [6.45, 7) is 7.90. The number of rotatable bonds is 4. The van der Waals surface area contributed by atoms with Crippen LogP contribution in [-0.4, -0.2) is 25.8 Å². The Balaban J connectivity index is 1.83. The molecule has 2 aliphatic rings. The van der Waals surface area contributed by atoms with Crippen LogP contribution in [0.4, 0.5) is 0 Å². The zero-order valence-electron chi connectivity index (χ0n) is 10.2. The van der Waals surface area contributed by atoms with Gasteiger partial charge in [0.15, 0.2) is 0 Å². The van der Waals surface area contributed by atoms with E-state index in [4.69, 9.17) is 4.74 Å². The molecule has 2 rings (SSSR count). The predicted octanol–water partition coefficient (Wildman–Crippen LogP) is 2.58. The first-order chi connectivity index (χ1) is 7.24. The molecule has 0 radical (unpaired) electrons. The summed E-state index contributed by atoms with van der Waals surface area (Å²) in [5.74, 6) is 0.825. The summed E-state index contributed by atoms with van der Waals surface area (Å²) in [6.07, 6.45) is 6.66. The fourth-order valence-corrected chi connectivity index (χ4v) is 3.25. The van der Waals surface area contributed by atoms with Crippen molar-refractivity contribution in [3.05, 3.63) is 0 Å². The van der Waals surface area contributed by atoms with Crippen LogP contribution in [0.5, 0.6) is 0 Å². The Morgan fingerprint density at radius 1 is 1.40 bits per heavy atom. The van der Waals surface area contributed by atoms with Crippen molar-refractivity contribution in [2.75, 3.05) is 19.8 Å². The lowest BCUT2D eigenvalue weighted by molar-refractivity contribution is 0.133. The Bertz CT molecular complexity index is 201. The molecule has 0 amide bonds. The zero-order valence-corrected chi connectivity index (χ0v) is 10.2. The third-order valence-electron chi connectivity index (χ3n) is 4.37. The van der Waals surface area contributed by atoms with Gasteiger partial charge in [-0.25, -0.2) is 0 Å². The second-order valence-electron chi connectivity index (χ2n) is 5.61. The Labute approximate surface area is 93.8 Å².